The van der Waals surface area contributed by atoms with Gasteiger partial charge in [-0.3, -0.25) is 19.3 Å². The van der Waals surface area contributed by atoms with E-state index in [1.165, 1.54) is 4.90 Å². The van der Waals surface area contributed by atoms with E-state index in [4.69, 9.17) is 5.73 Å². The zero-order valence-electron chi connectivity index (χ0n) is 12.7. The Morgan fingerprint density at radius 2 is 1.78 bits per heavy atom. The van der Waals surface area contributed by atoms with E-state index >= 15 is 0 Å². The van der Waals surface area contributed by atoms with Crippen LogP contribution in [-0.4, -0.2) is 41.8 Å². The van der Waals surface area contributed by atoms with E-state index in [1.807, 2.05) is 0 Å². The first kappa shape index (κ1) is 17.4. The highest BCUT2D eigenvalue weighted by Crippen LogP contribution is 2.24. The molecular formula is C16H20ClN3O3. The molecule has 0 aromatic heterocycles. The highest BCUT2D eigenvalue weighted by Gasteiger charge is 2.35. The molecule has 1 aromatic rings. The van der Waals surface area contributed by atoms with Gasteiger partial charge in [0.05, 0.1) is 11.1 Å². The van der Waals surface area contributed by atoms with Crippen molar-refractivity contribution in [2.45, 2.75) is 25.3 Å². The molecule has 6 nitrogen and oxygen atoms in total. The largest absolute Gasteiger partial charge is 0.354 e. The first-order chi connectivity index (χ1) is 10.6. The Morgan fingerprint density at radius 3 is 2.30 bits per heavy atom. The molecule has 1 fully saturated rings. The average molecular weight is 338 g/mol. The topological polar surface area (TPSA) is 92.5 Å². The van der Waals surface area contributed by atoms with Crippen molar-refractivity contribution < 1.29 is 14.4 Å². The molecule has 1 heterocycles. The molecule has 2 aliphatic rings. The maximum Gasteiger partial charge on any atom is 0.261 e. The number of nitrogens with zero attached hydrogens (tertiary/aromatic N) is 1. The second kappa shape index (κ2) is 7.10. The summed E-state index contributed by atoms with van der Waals surface area (Å²) in [6.07, 6.45) is 2.38. The molecule has 2 atom stereocenters. The van der Waals surface area contributed by atoms with Gasteiger partial charge in [-0.2, -0.15) is 0 Å². The molecule has 3 N–H and O–H groups in total. The fourth-order valence-corrected chi connectivity index (χ4v) is 3.13. The highest BCUT2D eigenvalue weighted by atomic mass is 35.5. The third-order valence-electron chi connectivity index (χ3n) is 4.36. The summed E-state index contributed by atoms with van der Waals surface area (Å²) >= 11 is 0. The number of halogens is 1. The molecule has 23 heavy (non-hydrogen) atoms. The molecule has 1 aromatic carbocycles. The van der Waals surface area contributed by atoms with Gasteiger partial charge in [0.25, 0.3) is 11.8 Å². The van der Waals surface area contributed by atoms with Crippen LogP contribution in [0.25, 0.3) is 0 Å². The van der Waals surface area contributed by atoms with Crippen molar-refractivity contribution in [2.75, 3.05) is 13.1 Å². The molecule has 2 unspecified atom stereocenters. The van der Waals surface area contributed by atoms with E-state index in [0.717, 1.165) is 12.8 Å². The molecule has 7 heteroatoms. The van der Waals surface area contributed by atoms with E-state index in [1.54, 1.807) is 24.3 Å². The monoisotopic (exact) mass is 337 g/mol. The summed E-state index contributed by atoms with van der Waals surface area (Å²) in [6.45, 7) is 0.465. The van der Waals surface area contributed by atoms with Gasteiger partial charge in [0.1, 0.15) is 0 Å². The Morgan fingerprint density at radius 1 is 1.17 bits per heavy atom. The molecule has 3 rings (SSSR count). The summed E-state index contributed by atoms with van der Waals surface area (Å²) in [5.41, 5.74) is 6.66. The van der Waals surface area contributed by atoms with Crippen molar-refractivity contribution in [2.24, 2.45) is 11.7 Å². The number of benzene rings is 1. The summed E-state index contributed by atoms with van der Waals surface area (Å²) in [5, 5.41) is 2.80. The standard InChI is InChI=1S/C16H19N3O3.ClH/c17-11-6-5-10(9-11)14(20)18-7-8-19-15(21)12-3-1-2-4-13(12)16(19)22;/h1-4,10-11H,5-9,17H2,(H,18,20);1H. The average Bonchev–Trinajstić information content (AvgIpc) is 3.05. The fourth-order valence-electron chi connectivity index (χ4n) is 3.13. The van der Waals surface area contributed by atoms with Crippen LogP contribution in [0.3, 0.4) is 0 Å². The number of hydrogen-bond donors (Lipinski definition) is 2. The second-order valence-electron chi connectivity index (χ2n) is 5.87. The van der Waals surface area contributed by atoms with Crippen molar-refractivity contribution in [1.29, 1.82) is 0 Å². The number of nitrogens with two attached hydrogens (primary N) is 1. The number of fused-ring (bicyclic) bond motifs is 1. The molecule has 3 amide bonds. The van der Waals surface area contributed by atoms with Crippen molar-refractivity contribution in [3.05, 3.63) is 35.4 Å². The molecule has 0 radical (unpaired) electrons. The van der Waals surface area contributed by atoms with Gasteiger partial charge in [0.2, 0.25) is 5.91 Å². The van der Waals surface area contributed by atoms with Gasteiger partial charge in [0, 0.05) is 25.0 Å². The Labute approximate surface area is 140 Å². The van der Waals surface area contributed by atoms with Gasteiger partial charge in [-0.05, 0) is 31.4 Å². The summed E-state index contributed by atoms with van der Waals surface area (Å²) in [6, 6.07) is 6.87. The zero-order chi connectivity index (χ0) is 15.7. The molecule has 0 bridgehead atoms. The summed E-state index contributed by atoms with van der Waals surface area (Å²) in [7, 11) is 0. The number of imide groups is 1. The summed E-state index contributed by atoms with van der Waals surface area (Å²) in [5.74, 6) is -0.669. The van der Waals surface area contributed by atoms with E-state index in [-0.39, 0.29) is 55.2 Å². The van der Waals surface area contributed by atoms with Crippen LogP contribution in [0.5, 0.6) is 0 Å². The number of carbonyl (C=O) groups is 3. The van der Waals surface area contributed by atoms with Crippen LogP contribution in [0.4, 0.5) is 0 Å². The van der Waals surface area contributed by atoms with E-state index < -0.39 is 0 Å². The minimum absolute atomic E-state index is 0. The van der Waals surface area contributed by atoms with Crippen molar-refractivity contribution >= 4 is 30.1 Å². The van der Waals surface area contributed by atoms with E-state index in [0.29, 0.717) is 17.5 Å². The normalized spacial score (nSPS) is 22.7. The molecule has 1 aliphatic heterocycles. The predicted molar refractivity (Wildman–Crippen MR) is 87.4 cm³/mol. The van der Waals surface area contributed by atoms with Gasteiger partial charge in [-0.15, -0.1) is 12.4 Å². The summed E-state index contributed by atoms with van der Waals surface area (Å²) < 4.78 is 0. The summed E-state index contributed by atoms with van der Waals surface area (Å²) in [4.78, 5) is 37.5. The van der Waals surface area contributed by atoms with Crippen molar-refractivity contribution in [3.63, 3.8) is 0 Å². The van der Waals surface area contributed by atoms with Crippen LogP contribution >= 0.6 is 12.4 Å². The number of nitrogens with one attached hydrogen (secondary N) is 1. The van der Waals surface area contributed by atoms with Crippen molar-refractivity contribution in [1.82, 2.24) is 10.2 Å². The first-order valence-corrected chi connectivity index (χ1v) is 7.56. The van der Waals surface area contributed by atoms with Crippen LogP contribution < -0.4 is 11.1 Å². The van der Waals surface area contributed by atoms with Crippen LogP contribution in [0.2, 0.25) is 0 Å². The third kappa shape index (κ3) is 3.38. The smallest absolute Gasteiger partial charge is 0.261 e. The van der Waals surface area contributed by atoms with Gasteiger partial charge < -0.3 is 11.1 Å². The first-order valence-electron chi connectivity index (χ1n) is 7.56. The zero-order valence-corrected chi connectivity index (χ0v) is 13.5. The van der Waals surface area contributed by atoms with Gasteiger partial charge >= 0.3 is 0 Å². The van der Waals surface area contributed by atoms with Crippen LogP contribution in [-0.2, 0) is 4.79 Å². The Balaban J connectivity index is 0.00000192. The van der Waals surface area contributed by atoms with Crippen LogP contribution in [0, 0.1) is 5.92 Å². The highest BCUT2D eigenvalue weighted by molar-refractivity contribution is 6.21. The van der Waals surface area contributed by atoms with Crippen LogP contribution in [0.15, 0.2) is 24.3 Å². The minimum Gasteiger partial charge on any atom is -0.354 e. The SMILES string of the molecule is Cl.NC1CCC(C(=O)NCCN2C(=O)c3ccccc3C2=O)C1. The fraction of sp³-hybridized carbons (Fsp3) is 0.438. The number of amides is 3. The predicted octanol–water partition coefficient (Wildman–Crippen LogP) is 0.948. The lowest BCUT2D eigenvalue weighted by Crippen LogP contribution is -2.39. The molecule has 124 valence electrons. The molecular weight excluding hydrogens is 318 g/mol. The van der Waals surface area contributed by atoms with Gasteiger partial charge in [-0.25, -0.2) is 0 Å². The van der Waals surface area contributed by atoms with Crippen molar-refractivity contribution in [3.8, 4) is 0 Å². The number of rotatable bonds is 4. The number of carbonyl (C=O) groups excluding carboxylic acids is 3. The molecule has 1 aliphatic carbocycles. The quantitative estimate of drug-likeness (QED) is 0.800. The third-order valence-corrected chi connectivity index (χ3v) is 4.36. The van der Waals surface area contributed by atoms with E-state index in [9.17, 15) is 14.4 Å². The minimum atomic E-state index is -0.294. The lowest BCUT2D eigenvalue weighted by atomic mass is 10.1. The molecule has 1 saturated carbocycles. The van der Waals surface area contributed by atoms with E-state index in [2.05, 4.69) is 5.32 Å². The Kier molecular flexibility index (Phi) is 5.38. The lowest BCUT2D eigenvalue weighted by Gasteiger charge is -2.15. The van der Waals surface area contributed by atoms with Crippen LogP contribution in [0.1, 0.15) is 40.0 Å². The second-order valence-corrected chi connectivity index (χ2v) is 5.87. The Bertz CT molecular complexity index is 600. The Hall–Kier alpha value is -1.92. The lowest BCUT2D eigenvalue weighted by molar-refractivity contribution is -0.124. The maximum atomic E-state index is 12.2. The molecule has 0 spiro atoms. The maximum absolute atomic E-state index is 12.2. The molecule has 0 saturated heterocycles. The van der Waals surface area contributed by atoms with Gasteiger partial charge in [0.15, 0.2) is 0 Å². The van der Waals surface area contributed by atoms with Gasteiger partial charge in [-0.1, -0.05) is 12.1 Å². The number of hydrogen-bond acceptors (Lipinski definition) is 4.